The summed E-state index contributed by atoms with van der Waals surface area (Å²) in [5.74, 6) is -0.529. The molecule has 0 saturated heterocycles. The van der Waals surface area contributed by atoms with E-state index in [9.17, 15) is 18.0 Å². The first-order valence-corrected chi connectivity index (χ1v) is 14.7. The number of nitrogens with zero attached hydrogens (tertiary/aromatic N) is 2. The van der Waals surface area contributed by atoms with Gasteiger partial charge < -0.3 is 10.2 Å². The number of halogens is 2. The summed E-state index contributed by atoms with van der Waals surface area (Å²) in [6, 6.07) is 11.6. The van der Waals surface area contributed by atoms with Crippen LogP contribution in [0, 0.1) is 0 Å². The zero-order chi connectivity index (χ0) is 26.9. The molecule has 0 radical (unpaired) electrons. The third-order valence-corrected chi connectivity index (χ3v) is 7.64. The summed E-state index contributed by atoms with van der Waals surface area (Å²) in [6.07, 6.45) is 3.13. The molecule has 0 saturated carbocycles. The molecule has 0 heterocycles. The number of amides is 2. The molecule has 7 nitrogen and oxygen atoms in total. The van der Waals surface area contributed by atoms with Crippen LogP contribution in [0.4, 0.5) is 5.69 Å². The molecule has 2 aromatic rings. The van der Waals surface area contributed by atoms with Gasteiger partial charge in [-0.05, 0) is 61.6 Å². The molecule has 0 fully saturated rings. The molecule has 0 bridgehead atoms. The van der Waals surface area contributed by atoms with Crippen molar-refractivity contribution in [2.75, 3.05) is 23.7 Å². The van der Waals surface area contributed by atoms with Crippen molar-refractivity contribution in [2.24, 2.45) is 0 Å². The summed E-state index contributed by atoms with van der Waals surface area (Å²) in [5.41, 5.74) is 2.33. The molecule has 198 valence electrons. The van der Waals surface area contributed by atoms with E-state index in [0.29, 0.717) is 27.8 Å². The minimum Gasteiger partial charge on any atom is -0.354 e. The first-order valence-electron chi connectivity index (χ1n) is 12.1. The van der Waals surface area contributed by atoms with Crippen LogP contribution in [-0.4, -0.2) is 50.5 Å². The summed E-state index contributed by atoms with van der Waals surface area (Å²) in [7, 11) is -3.54. The molecular formula is C26H35Cl2N3O4S. The van der Waals surface area contributed by atoms with Crippen molar-refractivity contribution in [3.63, 3.8) is 0 Å². The van der Waals surface area contributed by atoms with Crippen molar-refractivity contribution >= 4 is 50.7 Å². The molecule has 0 spiro atoms. The van der Waals surface area contributed by atoms with E-state index in [1.54, 1.807) is 37.3 Å². The second-order valence-corrected chi connectivity index (χ2v) is 11.4. The summed E-state index contributed by atoms with van der Waals surface area (Å²) in [6.45, 7) is 6.43. The molecule has 2 aromatic carbocycles. The van der Waals surface area contributed by atoms with Crippen LogP contribution in [0.15, 0.2) is 42.5 Å². The van der Waals surface area contributed by atoms with Crippen LogP contribution in [0.3, 0.4) is 0 Å². The smallest absolute Gasteiger partial charge is 0.242 e. The summed E-state index contributed by atoms with van der Waals surface area (Å²) >= 11 is 12.3. The van der Waals surface area contributed by atoms with E-state index in [1.165, 1.54) is 9.21 Å². The lowest BCUT2D eigenvalue weighted by atomic mass is 10.1. The first kappa shape index (κ1) is 29.9. The van der Waals surface area contributed by atoms with Crippen molar-refractivity contribution in [2.45, 2.75) is 59.0 Å². The van der Waals surface area contributed by atoms with Crippen molar-refractivity contribution in [1.82, 2.24) is 10.2 Å². The van der Waals surface area contributed by atoms with E-state index in [1.807, 2.05) is 26.0 Å². The van der Waals surface area contributed by atoms with E-state index in [-0.39, 0.29) is 37.7 Å². The molecule has 0 aliphatic rings. The van der Waals surface area contributed by atoms with E-state index in [4.69, 9.17) is 23.2 Å². The Labute approximate surface area is 224 Å². The Hall–Kier alpha value is -2.29. The minimum atomic E-state index is -3.54. The van der Waals surface area contributed by atoms with E-state index in [0.717, 1.165) is 24.7 Å². The number of aryl methyl sites for hydroxylation is 1. The van der Waals surface area contributed by atoms with Crippen molar-refractivity contribution in [1.29, 1.82) is 0 Å². The highest BCUT2D eigenvalue weighted by Gasteiger charge is 2.27. The van der Waals surface area contributed by atoms with Gasteiger partial charge in [0.2, 0.25) is 21.8 Å². The standard InChI is InChI=1S/C26H35Cl2N3O4S/c1-5-15-29-26(33)19(3)30(18-21-11-12-22(27)17-24(21)28)25(32)8-7-16-31(36(4,34)35)23-13-9-20(6-2)10-14-23/h9-14,17,19H,5-8,15-16,18H2,1-4H3,(H,29,33)/t19-/m0/s1. The second-order valence-electron chi connectivity index (χ2n) is 8.68. The van der Waals surface area contributed by atoms with Crippen molar-refractivity contribution < 1.29 is 18.0 Å². The van der Waals surface area contributed by atoms with E-state index >= 15 is 0 Å². The fourth-order valence-electron chi connectivity index (χ4n) is 3.71. The number of rotatable bonds is 13. The Kier molecular flexibility index (Phi) is 11.5. The lowest BCUT2D eigenvalue weighted by molar-refractivity contribution is -0.140. The minimum absolute atomic E-state index is 0.0651. The molecule has 36 heavy (non-hydrogen) atoms. The Bertz CT molecular complexity index is 1140. The number of hydrogen-bond acceptors (Lipinski definition) is 4. The van der Waals surface area contributed by atoms with Crippen LogP contribution in [0.1, 0.15) is 51.2 Å². The number of sulfonamides is 1. The third kappa shape index (κ3) is 8.68. The van der Waals surface area contributed by atoms with Crippen LogP contribution in [0.25, 0.3) is 0 Å². The number of anilines is 1. The van der Waals surface area contributed by atoms with E-state index in [2.05, 4.69) is 5.32 Å². The van der Waals surface area contributed by atoms with Crippen LogP contribution in [0.2, 0.25) is 10.0 Å². The SMILES string of the molecule is CCCNC(=O)[C@H](C)N(Cc1ccc(Cl)cc1Cl)C(=O)CCCN(c1ccc(CC)cc1)S(C)(=O)=O. The zero-order valence-corrected chi connectivity index (χ0v) is 23.6. The Balaban J connectivity index is 2.18. The van der Waals surface area contributed by atoms with Gasteiger partial charge in [-0.2, -0.15) is 0 Å². The lowest BCUT2D eigenvalue weighted by Gasteiger charge is -2.29. The highest BCUT2D eigenvalue weighted by atomic mass is 35.5. The van der Waals surface area contributed by atoms with Gasteiger partial charge in [-0.15, -0.1) is 0 Å². The molecule has 0 aliphatic carbocycles. The summed E-state index contributed by atoms with van der Waals surface area (Å²) in [4.78, 5) is 27.5. The fraction of sp³-hybridized carbons (Fsp3) is 0.462. The van der Waals surface area contributed by atoms with E-state index < -0.39 is 16.1 Å². The highest BCUT2D eigenvalue weighted by Crippen LogP contribution is 2.24. The molecule has 10 heteroatoms. The molecule has 0 unspecified atom stereocenters. The highest BCUT2D eigenvalue weighted by molar-refractivity contribution is 7.92. The second kappa shape index (κ2) is 13.9. The lowest BCUT2D eigenvalue weighted by Crippen LogP contribution is -2.48. The molecule has 2 rings (SSSR count). The predicted octanol–water partition coefficient (Wildman–Crippen LogP) is 5.05. The number of benzene rings is 2. The largest absolute Gasteiger partial charge is 0.354 e. The number of carbonyl (C=O) groups excluding carboxylic acids is 2. The van der Waals surface area contributed by atoms with Gasteiger partial charge in [0, 0.05) is 36.1 Å². The molecule has 2 amide bonds. The van der Waals surface area contributed by atoms with Crippen LogP contribution in [-0.2, 0) is 32.6 Å². The van der Waals surface area contributed by atoms with Gasteiger partial charge in [-0.3, -0.25) is 13.9 Å². The molecule has 1 atom stereocenters. The topological polar surface area (TPSA) is 86.8 Å². The number of hydrogen-bond donors (Lipinski definition) is 1. The van der Waals surface area contributed by atoms with Crippen LogP contribution < -0.4 is 9.62 Å². The van der Waals surface area contributed by atoms with Gasteiger partial charge >= 0.3 is 0 Å². The fourth-order valence-corrected chi connectivity index (χ4v) is 5.15. The Morgan fingerprint density at radius 3 is 2.28 bits per heavy atom. The molecule has 1 N–H and O–H groups in total. The first-order chi connectivity index (χ1) is 17.0. The molecule has 0 aliphatic heterocycles. The molecular weight excluding hydrogens is 521 g/mol. The van der Waals surface area contributed by atoms with Crippen LogP contribution >= 0.6 is 23.2 Å². The van der Waals surface area contributed by atoms with Gasteiger partial charge in [0.25, 0.3) is 0 Å². The zero-order valence-electron chi connectivity index (χ0n) is 21.3. The predicted molar refractivity (Wildman–Crippen MR) is 147 cm³/mol. The third-order valence-electron chi connectivity index (χ3n) is 5.86. The van der Waals surface area contributed by atoms with Crippen molar-refractivity contribution in [3.05, 3.63) is 63.6 Å². The summed E-state index contributed by atoms with van der Waals surface area (Å²) < 4.78 is 26.2. The monoisotopic (exact) mass is 555 g/mol. The maximum Gasteiger partial charge on any atom is 0.242 e. The maximum absolute atomic E-state index is 13.3. The van der Waals surface area contributed by atoms with Gasteiger partial charge in [0.15, 0.2) is 0 Å². The quantitative estimate of drug-likeness (QED) is 0.374. The summed E-state index contributed by atoms with van der Waals surface area (Å²) in [5, 5.41) is 3.71. The van der Waals surface area contributed by atoms with Gasteiger partial charge in [0.1, 0.15) is 6.04 Å². The molecule has 0 aromatic heterocycles. The van der Waals surface area contributed by atoms with Crippen molar-refractivity contribution in [3.8, 4) is 0 Å². The maximum atomic E-state index is 13.3. The average Bonchev–Trinajstić information content (AvgIpc) is 2.83. The van der Waals surface area contributed by atoms with Crippen LogP contribution in [0.5, 0.6) is 0 Å². The normalized spacial score (nSPS) is 12.2. The average molecular weight is 557 g/mol. The Morgan fingerprint density at radius 1 is 1.06 bits per heavy atom. The van der Waals surface area contributed by atoms with Gasteiger partial charge in [-0.1, -0.05) is 55.2 Å². The van der Waals surface area contributed by atoms with Gasteiger partial charge in [0.05, 0.1) is 11.9 Å². The Morgan fingerprint density at radius 2 is 1.72 bits per heavy atom. The van der Waals surface area contributed by atoms with Gasteiger partial charge in [-0.25, -0.2) is 8.42 Å². The number of carbonyl (C=O) groups is 2. The number of nitrogens with one attached hydrogen (secondary N) is 1.